The van der Waals surface area contributed by atoms with Crippen molar-refractivity contribution in [2.24, 2.45) is 0 Å². The van der Waals surface area contributed by atoms with Gasteiger partial charge < -0.3 is 15.0 Å². The molecule has 5 nitrogen and oxygen atoms in total. The number of hydrogen-bond donors (Lipinski definition) is 1. The van der Waals surface area contributed by atoms with E-state index >= 15 is 0 Å². The summed E-state index contributed by atoms with van der Waals surface area (Å²) < 4.78 is 5.56. The molecule has 0 unspecified atom stereocenters. The van der Waals surface area contributed by atoms with Crippen molar-refractivity contribution in [1.29, 1.82) is 0 Å². The molecule has 23 heavy (non-hydrogen) atoms. The molecule has 5 heteroatoms. The molecule has 1 aromatic rings. The lowest BCUT2D eigenvalue weighted by Gasteiger charge is -2.39. The molecule has 2 aliphatic heterocycles. The molecule has 0 aliphatic carbocycles. The second-order valence-corrected chi connectivity index (χ2v) is 6.55. The average molecular weight is 316 g/mol. The summed E-state index contributed by atoms with van der Waals surface area (Å²) in [5.74, 6) is -0.106. The summed E-state index contributed by atoms with van der Waals surface area (Å²) >= 11 is 0. The first-order valence-corrected chi connectivity index (χ1v) is 8.36. The number of nitrogens with zero attached hydrogens (tertiary/aromatic N) is 1. The lowest BCUT2D eigenvalue weighted by molar-refractivity contribution is -0.143. The zero-order chi connectivity index (χ0) is 16.4. The van der Waals surface area contributed by atoms with Crippen molar-refractivity contribution in [2.75, 3.05) is 13.2 Å². The predicted octanol–water partition coefficient (Wildman–Crippen LogP) is 1.82. The van der Waals surface area contributed by atoms with E-state index in [-0.39, 0.29) is 24.0 Å². The number of fused-ring (bicyclic) bond motifs is 1. The maximum Gasteiger partial charge on any atom is 0.247 e. The van der Waals surface area contributed by atoms with E-state index in [0.717, 1.165) is 30.6 Å². The van der Waals surface area contributed by atoms with Crippen LogP contribution < -0.4 is 5.32 Å². The van der Waals surface area contributed by atoms with Gasteiger partial charge in [-0.05, 0) is 37.8 Å². The fourth-order valence-electron chi connectivity index (χ4n) is 3.48. The van der Waals surface area contributed by atoms with Crippen molar-refractivity contribution in [3.8, 4) is 0 Å². The molecule has 0 radical (unpaired) electrons. The largest absolute Gasteiger partial charge is 0.376 e. The quantitative estimate of drug-likeness (QED) is 0.922. The summed E-state index contributed by atoms with van der Waals surface area (Å²) in [6.45, 7) is 5.18. The summed E-state index contributed by atoms with van der Waals surface area (Å²) in [7, 11) is 0. The maximum atomic E-state index is 12.8. The predicted molar refractivity (Wildman–Crippen MR) is 86.9 cm³/mol. The van der Waals surface area contributed by atoms with E-state index in [1.165, 1.54) is 0 Å². The number of benzene rings is 1. The van der Waals surface area contributed by atoms with Crippen LogP contribution in [0.2, 0.25) is 0 Å². The Balaban J connectivity index is 1.82. The lowest BCUT2D eigenvalue weighted by Crippen LogP contribution is -2.51. The second-order valence-electron chi connectivity index (χ2n) is 6.55. The Hall–Kier alpha value is -1.88. The molecule has 2 amide bonds. The molecule has 2 heterocycles. The van der Waals surface area contributed by atoms with Gasteiger partial charge in [0.25, 0.3) is 0 Å². The van der Waals surface area contributed by atoms with Gasteiger partial charge in [0, 0.05) is 19.2 Å². The SMILES string of the molecule is CC(C)N1C(=O)Cc2ccccc2[C@H]1C(=O)NC[C@@H]1CCCO1. The average Bonchev–Trinajstić information content (AvgIpc) is 3.04. The van der Waals surface area contributed by atoms with Crippen molar-refractivity contribution < 1.29 is 14.3 Å². The van der Waals surface area contributed by atoms with Gasteiger partial charge in [0.05, 0.1) is 12.5 Å². The number of hydrogen-bond acceptors (Lipinski definition) is 3. The first kappa shape index (κ1) is 16.0. The van der Waals surface area contributed by atoms with E-state index in [4.69, 9.17) is 4.74 Å². The van der Waals surface area contributed by atoms with Crippen molar-refractivity contribution in [2.45, 2.75) is 51.3 Å². The fraction of sp³-hybridized carbons (Fsp3) is 0.556. The molecule has 0 saturated carbocycles. The third-order valence-electron chi connectivity index (χ3n) is 4.59. The van der Waals surface area contributed by atoms with Crippen molar-refractivity contribution >= 4 is 11.8 Å². The van der Waals surface area contributed by atoms with E-state index in [1.54, 1.807) is 4.90 Å². The second kappa shape index (κ2) is 6.71. The zero-order valence-electron chi connectivity index (χ0n) is 13.7. The van der Waals surface area contributed by atoms with E-state index in [1.807, 2.05) is 38.1 Å². The van der Waals surface area contributed by atoms with Gasteiger partial charge >= 0.3 is 0 Å². The molecule has 1 aromatic carbocycles. The first-order valence-electron chi connectivity index (χ1n) is 8.36. The van der Waals surface area contributed by atoms with Gasteiger partial charge in [-0.2, -0.15) is 0 Å². The Kier molecular flexibility index (Phi) is 4.66. The minimum atomic E-state index is -0.547. The molecular weight excluding hydrogens is 292 g/mol. The third-order valence-corrected chi connectivity index (χ3v) is 4.59. The van der Waals surface area contributed by atoms with Crippen LogP contribution in [0.1, 0.15) is 43.9 Å². The van der Waals surface area contributed by atoms with Gasteiger partial charge in [0.15, 0.2) is 0 Å². The Bertz CT molecular complexity index is 594. The minimum Gasteiger partial charge on any atom is -0.376 e. The van der Waals surface area contributed by atoms with Crippen LogP contribution in [0.4, 0.5) is 0 Å². The number of carbonyl (C=O) groups excluding carboxylic acids is 2. The number of carbonyl (C=O) groups is 2. The van der Waals surface area contributed by atoms with Crippen LogP contribution in [-0.2, 0) is 20.7 Å². The highest BCUT2D eigenvalue weighted by atomic mass is 16.5. The summed E-state index contributed by atoms with van der Waals surface area (Å²) in [5, 5.41) is 2.98. The smallest absolute Gasteiger partial charge is 0.247 e. The van der Waals surface area contributed by atoms with Crippen LogP contribution in [0.25, 0.3) is 0 Å². The number of nitrogens with one attached hydrogen (secondary N) is 1. The van der Waals surface area contributed by atoms with Gasteiger partial charge in [-0.15, -0.1) is 0 Å². The highest BCUT2D eigenvalue weighted by Gasteiger charge is 2.38. The molecule has 0 aromatic heterocycles. The van der Waals surface area contributed by atoms with Crippen molar-refractivity contribution in [3.05, 3.63) is 35.4 Å². The summed E-state index contributed by atoms with van der Waals surface area (Å²) in [5.41, 5.74) is 1.89. The maximum absolute atomic E-state index is 12.8. The van der Waals surface area contributed by atoms with Crippen LogP contribution in [0.5, 0.6) is 0 Å². The third kappa shape index (κ3) is 3.24. The Labute approximate surface area is 137 Å². The van der Waals surface area contributed by atoms with Crippen LogP contribution >= 0.6 is 0 Å². The number of rotatable bonds is 4. The zero-order valence-corrected chi connectivity index (χ0v) is 13.7. The first-order chi connectivity index (χ1) is 11.1. The lowest BCUT2D eigenvalue weighted by atomic mass is 9.90. The number of amides is 2. The Morgan fingerprint density at radius 3 is 2.87 bits per heavy atom. The monoisotopic (exact) mass is 316 g/mol. The summed E-state index contributed by atoms with van der Waals surface area (Å²) in [6, 6.07) is 7.16. The Morgan fingerprint density at radius 2 is 2.17 bits per heavy atom. The topological polar surface area (TPSA) is 58.6 Å². The highest BCUT2D eigenvalue weighted by Crippen LogP contribution is 2.32. The molecule has 1 N–H and O–H groups in total. The van der Waals surface area contributed by atoms with Crippen molar-refractivity contribution in [3.63, 3.8) is 0 Å². The molecule has 124 valence electrons. The van der Waals surface area contributed by atoms with Crippen LogP contribution in [-0.4, -0.2) is 42.0 Å². The fourth-order valence-corrected chi connectivity index (χ4v) is 3.48. The molecule has 1 fully saturated rings. The minimum absolute atomic E-state index is 0.0102. The van der Waals surface area contributed by atoms with Crippen LogP contribution in [0, 0.1) is 0 Å². The normalized spacial score (nSPS) is 24.0. The van der Waals surface area contributed by atoms with E-state index in [2.05, 4.69) is 5.32 Å². The van der Waals surface area contributed by atoms with Gasteiger partial charge in [0.1, 0.15) is 6.04 Å². The van der Waals surface area contributed by atoms with E-state index in [0.29, 0.717) is 13.0 Å². The molecule has 2 atom stereocenters. The van der Waals surface area contributed by atoms with Crippen LogP contribution in [0.3, 0.4) is 0 Å². The summed E-state index contributed by atoms with van der Waals surface area (Å²) in [4.78, 5) is 27.0. The van der Waals surface area contributed by atoms with Gasteiger partial charge in [-0.1, -0.05) is 24.3 Å². The van der Waals surface area contributed by atoms with Gasteiger partial charge in [-0.25, -0.2) is 0 Å². The molecule has 0 bridgehead atoms. The van der Waals surface area contributed by atoms with Gasteiger partial charge in [0.2, 0.25) is 11.8 Å². The highest BCUT2D eigenvalue weighted by molar-refractivity contribution is 5.92. The molecule has 0 spiro atoms. The van der Waals surface area contributed by atoms with Crippen LogP contribution in [0.15, 0.2) is 24.3 Å². The molecule has 1 saturated heterocycles. The molecule has 2 aliphatic rings. The van der Waals surface area contributed by atoms with Crippen molar-refractivity contribution in [1.82, 2.24) is 10.2 Å². The molecule has 3 rings (SSSR count). The standard InChI is InChI=1S/C18H24N2O3/c1-12(2)20-16(21)10-13-6-3-4-8-15(13)17(20)18(22)19-11-14-7-5-9-23-14/h3-4,6,8,12,14,17H,5,7,9-11H2,1-2H3,(H,19,22)/t14-,17-/m0/s1. The van der Waals surface area contributed by atoms with Gasteiger partial charge in [-0.3, -0.25) is 9.59 Å². The summed E-state index contributed by atoms with van der Waals surface area (Å²) in [6.07, 6.45) is 2.49. The van der Waals surface area contributed by atoms with E-state index in [9.17, 15) is 9.59 Å². The Morgan fingerprint density at radius 1 is 1.39 bits per heavy atom. The molecular formula is C18H24N2O3. The van der Waals surface area contributed by atoms with E-state index < -0.39 is 6.04 Å². The number of ether oxygens (including phenoxy) is 1.